The third-order valence-electron chi connectivity index (χ3n) is 4.84. The standard InChI is InChI=1S/C20H25ClN2/c1-2-4-16(17-5-3-10-23-14-17)13-19-18-9-12-22-11-8-15(18)6-7-20(19)21/h3,5-7,10,14,16,22H,2,4,8-9,11-13H2,1H3. The second-order valence-electron chi connectivity index (χ2n) is 6.39. The summed E-state index contributed by atoms with van der Waals surface area (Å²) in [5.74, 6) is 0.494. The van der Waals surface area contributed by atoms with Gasteiger partial charge in [-0.3, -0.25) is 4.98 Å². The van der Waals surface area contributed by atoms with Crippen LogP contribution in [-0.2, 0) is 19.3 Å². The molecule has 1 N–H and O–H groups in total. The third-order valence-corrected chi connectivity index (χ3v) is 5.19. The number of hydrogen-bond acceptors (Lipinski definition) is 2. The Morgan fingerprint density at radius 3 is 2.87 bits per heavy atom. The van der Waals surface area contributed by atoms with Crippen LogP contribution in [0.3, 0.4) is 0 Å². The number of fused-ring (bicyclic) bond motifs is 1. The van der Waals surface area contributed by atoms with Crippen LogP contribution in [-0.4, -0.2) is 18.1 Å². The van der Waals surface area contributed by atoms with Crippen LogP contribution in [0.1, 0.15) is 47.9 Å². The van der Waals surface area contributed by atoms with Gasteiger partial charge in [-0.05, 0) is 79.1 Å². The molecule has 2 nitrogen and oxygen atoms in total. The molecule has 2 aromatic rings. The van der Waals surface area contributed by atoms with Crippen LogP contribution < -0.4 is 5.32 Å². The Hall–Kier alpha value is -1.38. The van der Waals surface area contributed by atoms with Gasteiger partial charge in [-0.25, -0.2) is 0 Å². The Morgan fingerprint density at radius 1 is 1.22 bits per heavy atom. The Balaban J connectivity index is 1.94. The summed E-state index contributed by atoms with van der Waals surface area (Å²) in [6.45, 7) is 4.36. The summed E-state index contributed by atoms with van der Waals surface area (Å²) < 4.78 is 0. The van der Waals surface area contributed by atoms with Gasteiger partial charge >= 0.3 is 0 Å². The second kappa shape index (κ2) is 7.94. The average Bonchev–Trinajstić information content (AvgIpc) is 2.83. The molecule has 2 heterocycles. The van der Waals surface area contributed by atoms with Crippen LogP contribution in [0.4, 0.5) is 0 Å². The molecule has 0 spiro atoms. The molecule has 1 aromatic heterocycles. The molecular weight excluding hydrogens is 304 g/mol. The maximum Gasteiger partial charge on any atom is 0.0441 e. The minimum absolute atomic E-state index is 0.494. The van der Waals surface area contributed by atoms with E-state index < -0.39 is 0 Å². The topological polar surface area (TPSA) is 24.9 Å². The van der Waals surface area contributed by atoms with Crippen molar-refractivity contribution in [2.45, 2.75) is 44.9 Å². The summed E-state index contributed by atoms with van der Waals surface area (Å²) in [4.78, 5) is 4.31. The highest BCUT2D eigenvalue weighted by Crippen LogP contribution is 2.32. The highest BCUT2D eigenvalue weighted by atomic mass is 35.5. The van der Waals surface area contributed by atoms with Crippen LogP contribution in [0, 0.1) is 0 Å². The van der Waals surface area contributed by atoms with Gasteiger partial charge in [0.2, 0.25) is 0 Å². The number of nitrogens with zero attached hydrogens (tertiary/aromatic N) is 1. The van der Waals surface area contributed by atoms with Crippen molar-refractivity contribution in [1.82, 2.24) is 10.3 Å². The first-order valence-electron chi connectivity index (χ1n) is 8.69. The van der Waals surface area contributed by atoms with E-state index in [1.807, 2.05) is 18.5 Å². The van der Waals surface area contributed by atoms with E-state index >= 15 is 0 Å². The molecule has 0 saturated carbocycles. The van der Waals surface area contributed by atoms with Gasteiger partial charge in [0.1, 0.15) is 0 Å². The van der Waals surface area contributed by atoms with Gasteiger partial charge in [-0.15, -0.1) is 0 Å². The maximum absolute atomic E-state index is 6.61. The number of hydrogen-bond donors (Lipinski definition) is 1. The summed E-state index contributed by atoms with van der Waals surface area (Å²) in [6, 6.07) is 8.54. The van der Waals surface area contributed by atoms with Crippen LogP contribution in [0.5, 0.6) is 0 Å². The summed E-state index contributed by atoms with van der Waals surface area (Å²) in [6.07, 6.45) is 9.40. The molecule has 0 amide bonds. The molecule has 3 heteroatoms. The van der Waals surface area contributed by atoms with Crippen molar-refractivity contribution in [3.63, 3.8) is 0 Å². The molecule has 1 aliphatic rings. The van der Waals surface area contributed by atoms with Gasteiger partial charge in [0, 0.05) is 17.4 Å². The van der Waals surface area contributed by atoms with E-state index in [4.69, 9.17) is 11.6 Å². The van der Waals surface area contributed by atoms with Gasteiger partial charge < -0.3 is 5.32 Å². The van der Waals surface area contributed by atoms with Crippen LogP contribution in [0.2, 0.25) is 5.02 Å². The molecule has 0 aliphatic carbocycles. The fourth-order valence-electron chi connectivity index (χ4n) is 3.64. The summed E-state index contributed by atoms with van der Waals surface area (Å²) in [5.41, 5.74) is 5.63. The zero-order valence-corrected chi connectivity index (χ0v) is 14.6. The van der Waals surface area contributed by atoms with E-state index in [-0.39, 0.29) is 0 Å². The number of aromatic nitrogens is 1. The predicted molar refractivity (Wildman–Crippen MR) is 97.3 cm³/mol. The average molecular weight is 329 g/mol. The van der Waals surface area contributed by atoms with Crippen molar-refractivity contribution in [1.29, 1.82) is 0 Å². The first-order valence-corrected chi connectivity index (χ1v) is 9.07. The summed E-state index contributed by atoms with van der Waals surface area (Å²) in [5, 5.41) is 4.42. The molecule has 0 radical (unpaired) electrons. The fraction of sp³-hybridized carbons (Fsp3) is 0.450. The number of pyridine rings is 1. The summed E-state index contributed by atoms with van der Waals surface area (Å²) >= 11 is 6.61. The zero-order valence-electron chi connectivity index (χ0n) is 13.8. The Morgan fingerprint density at radius 2 is 2.09 bits per heavy atom. The lowest BCUT2D eigenvalue weighted by Crippen LogP contribution is -2.16. The van der Waals surface area contributed by atoms with Crippen molar-refractivity contribution in [3.8, 4) is 0 Å². The van der Waals surface area contributed by atoms with Crippen molar-refractivity contribution in [3.05, 3.63) is 63.9 Å². The van der Waals surface area contributed by atoms with Crippen LogP contribution in [0.25, 0.3) is 0 Å². The highest BCUT2D eigenvalue weighted by Gasteiger charge is 2.19. The molecular formula is C20H25ClN2. The zero-order chi connectivity index (χ0) is 16.1. The van der Waals surface area contributed by atoms with E-state index in [1.54, 1.807) is 0 Å². The number of rotatable bonds is 5. The molecule has 122 valence electrons. The Kier molecular flexibility index (Phi) is 5.69. The van der Waals surface area contributed by atoms with E-state index in [9.17, 15) is 0 Å². The van der Waals surface area contributed by atoms with E-state index in [1.165, 1.54) is 35.1 Å². The van der Waals surface area contributed by atoms with Gasteiger partial charge in [-0.1, -0.05) is 37.1 Å². The van der Waals surface area contributed by atoms with Crippen molar-refractivity contribution in [2.75, 3.05) is 13.1 Å². The number of benzene rings is 1. The van der Waals surface area contributed by atoms with Gasteiger partial charge in [0.25, 0.3) is 0 Å². The Bertz CT molecular complexity index is 640. The molecule has 1 atom stereocenters. The maximum atomic E-state index is 6.61. The largest absolute Gasteiger partial charge is 0.316 e. The number of nitrogens with one attached hydrogen (secondary N) is 1. The third kappa shape index (κ3) is 3.94. The van der Waals surface area contributed by atoms with Gasteiger partial charge in [-0.2, -0.15) is 0 Å². The lowest BCUT2D eigenvalue weighted by molar-refractivity contribution is 0.605. The monoisotopic (exact) mass is 328 g/mol. The molecule has 1 aromatic carbocycles. The lowest BCUT2D eigenvalue weighted by Gasteiger charge is -2.21. The Labute approximate surface area is 144 Å². The molecule has 1 aliphatic heterocycles. The minimum atomic E-state index is 0.494. The van der Waals surface area contributed by atoms with Gasteiger partial charge in [0.05, 0.1) is 0 Å². The van der Waals surface area contributed by atoms with E-state index in [0.717, 1.165) is 37.4 Å². The quantitative estimate of drug-likeness (QED) is 0.871. The molecule has 0 fully saturated rings. The van der Waals surface area contributed by atoms with Crippen molar-refractivity contribution < 1.29 is 0 Å². The number of halogens is 1. The first kappa shape index (κ1) is 16.5. The van der Waals surface area contributed by atoms with Crippen molar-refractivity contribution in [2.24, 2.45) is 0 Å². The predicted octanol–water partition coefficient (Wildman–Crippen LogP) is 4.55. The summed E-state index contributed by atoms with van der Waals surface area (Å²) in [7, 11) is 0. The lowest BCUT2D eigenvalue weighted by atomic mass is 9.85. The molecule has 1 unspecified atom stereocenters. The second-order valence-corrected chi connectivity index (χ2v) is 6.80. The fourth-order valence-corrected chi connectivity index (χ4v) is 3.89. The normalized spacial score (nSPS) is 15.7. The minimum Gasteiger partial charge on any atom is -0.316 e. The van der Waals surface area contributed by atoms with Crippen LogP contribution in [0.15, 0.2) is 36.7 Å². The first-order chi connectivity index (χ1) is 11.3. The highest BCUT2D eigenvalue weighted by molar-refractivity contribution is 6.31. The molecule has 3 rings (SSSR count). The van der Waals surface area contributed by atoms with E-state index in [0.29, 0.717) is 5.92 Å². The molecule has 0 bridgehead atoms. The van der Waals surface area contributed by atoms with Crippen molar-refractivity contribution >= 4 is 11.6 Å². The molecule has 0 saturated heterocycles. The molecule has 23 heavy (non-hydrogen) atoms. The van der Waals surface area contributed by atoms with Gasteiger partial charge in [0.15, 0.2) is 0 Å². The van der Waals surface area contributed by atoms with E-state index in [2.05, 4.69) is 35.4 Å². The van der Waals surface area contributed by atoms with Crippen LogP contribution >= 0.6 is 11.6 Å². The SMILES string of the molecule is CCCC(Cc1c(Cl)ccc2c1CCNCC2)c1cccnc1. The smallest absolute Gasteiger partial charge is 0.0441 e.